The molecule has 0 saturated carbocycles. The fraction of sp³-hybridized carbons (Fsp3) is 0.438. The average Bonchev–Trinajstić information content (AvgIpc) is 2.94. The van der Waals surface area contributed by atoms with Gasteiger partial charge in [0.15, 0.2) is 5.78 Å². The van der Waals surface area contributed by atoms with E-state index in [-0.39, 0.29) is 5.78 Å². The first-order valence-corrected chi connectivity index (χ1v) is 7.37. The number of nitrogens with zero attached hydrogens (tertiary/aromatic N) is 3. The predicted octanol–water partition coefficient (Wildman–Crippen LogP) is 2.79. The van der Waals surface area contributed by atoms with Crippen LogP contribution in [0.1, 0.15) is 48.0 Å². The van der Waals surface area contributed by atoms with E-state index >= 15 is 0 Å². The van der Waals surface area contributed by atoms with E-state index in [0.717, 1.165) is 31.4 Å². The predicted molar refractivity (Wildman–Crippen MR) is 79.5 cm³/mol. The van der Waals surface area contributed by atoms with Gasteiger partial charge in [-0.15, -0.1) is 10.2 Å². The van der Waals surface area contributed by atoms with Crippen molar-refractivity contribution in [2.75, 3.05) is 11.4 Å². The summed E-state index contributed by atoms with van der Waals surface area (Å²) in [5, 5.41) is 8.09. The van der Waals surface area contributed by atoms with Crippen molar-refractivity contribution in [1.29, 1.82) is 0 Å². The Kier molecular flexibility index (Phi) is 3.73. The van der Waals surface area contributed by atoms with Crippen LogP contribution in [0.3, 0.4) is 0 Å². The number of Topliss-reactive ketones (excluding diaryl/α,β-unsaturated/α-hetero) is 1. The zero-order valence-electron chi connectivity index (χ0n) is 12.4. The van der Waals surface area contributed by atoms with Crippen molar-refractivity contribution in [2.45, 2.75) is 39.7 Å². The Balaban J connectivity index is 1.84. The van der Waals surface area contributed by atoms with E-state index in [9.17, 15) is 4.79 Å². The highest BCUT2D eigenvalue weighted by atomic mass is 16.4. The number of aryl methyl sites for hydroxylation is 2. The van der Waals surface area contributed by atoms with Crippen molar-refractivity contribution in [3.63, 3.8) is 0 Å². The van der Waals surface area contributed by atoms with Gasteiger partial charge in [-0.05, 0) is 43.5 Å². The molecule has 0 saturated heterocycles. The number of ketones is 1. The van der Waals surface area contributed by atoms with Gasteiger partial charge in [0.2, 0.25) is 11.8 Å². The van der Waals surface area contributed by atoms with Crippen LogP contribution in [0.25, 0.3) is 0 Å². The van der Waals surface area contributed by atoms with Gasteiger partial charge in [-0.3, -0.25) is 4.79 Å². The van der Waals surface area contributed by atoms with E-state index in [1.54, 1.807) is 6.92 Å². The van der Waals surface area contributed by atoms with E-state index in [4.69, 9.17) is 4.42 Å². The molecule has 2 heterocycles. The Bertz CT molecular complexity index is 663. The molecule has 0 fully saturated rings. The standard InChI is InChI=1S/C16H19N3O2/c1-3-15-17-18-16(21-15)10-19-8-4-5-13-9-12(11(2)20)6-7-14(13)19/h6-7,9H,3-5,8,10H2,1-2H3. The van der Waals surface area contributed by atoms with Crippen LogP contribution in [0.2, 0.25) is 0 Å². The minimum Gasteiger partial charge on any atom is -0.423 e. The molecule has 0 spiro atoms. The Morgan fingerprint density at radius 3 is 2.86 bits per heavy atom. The molecule has 0 N–H and O–H groups in total. The maximum absolute atomic E-state index is 11.5. The molecular formula is C16H19N3O2. The third kappa shape index (κ3) is 2.82. The van der Waals surface area contributed by atoms with Gasteiger partial charge in [0.05, 0.1) is 6.54 Å². The van der Waals surface area contributed by atoms with Gasteiger partial charge in [0, 0.05) is 24.2 Å². The molecule has 0 aliphatic carbocycles. The summed E-state index contributed by atoms with van der Waals surface area (Å²) in [5.74, 6) is 1.43. The van der Waals surface area contributed by atoms with Crippen LogP contribution < -0.4 is 4.90 Å². The highest BCUT2D eigenvalue weighted by Gasteiger charge is 2.20. The first kappa shape index (κ1) is 13.8. The number of carbonyl (C=O) groups is 1. The molecule has 0 amide bonds. The fourth-order valence-corrected chi connectivity index (χ4v) is 2.72. The molecule has 1 aromatic carbocycles. The van der Waals surface area contributed by atoms with Crippen LogP contribution in [-0.4, -0.2) is 22.5 Å². The largest absolute Gasteiger partial charge is 0.423 e. The number of hydrogen-bond donors (Lipinski definition) is 0. The van der Waals surface area contributed by atoms with Crippen LogP contribution in [0.4, 0.5) is 5.69 Å². The Morgan fingerprint density at radius 1 is 1.33 bits per heavy atom. The van der Waals surface area contributed by atoms with Crippen molar-refractivity contribution < 1.29 is 9.21 Å². The van der Waals surface area contributed by atoms with Crippen LogP contribution in [0.15, 0.2) is 22.6 Å². The maximum Gasteiger partial charge on any atom is 0.235 e. The minimum atomic E-state index is 0.111. The second kappa shape index (κ2) is 5.68. The summed E-state index contributed by atoms with van der Waals surface area (Å²) in [6.45, 7) is 5.19. The van der Waals surface area contributed by atoms with Crippen LogP contribution >= 0.6 is 0 Å². The first-order chi connectivity index (χ1) is 10.2. The minimum absolute atomic E-state index is 0.111. The molecule has 21 heavy (non-hydrogen) atoms. The summed E-state index contributed by atoms with van der Waals surface area (Å²) in [7, 11) is 0. The molecule has 1 aliphatic heterocycles. The molecule has 0 bridgehead atoms. The fourth-order valence-electron chi connectivity index (χ4n) is 2.72. The normalized spacial score (nSPS) is 14.1. The zero-order valence-corrected chi connectivity index (χ0v) is 12.4. The molecular weight excluding hydrogens is 266 g/mol. The Morgan fingerprint density at radius 2 is 2.14 bits per heavy atom. The molecule has 2 aromatic rings. The van der Waals surface area contributed by atoms with Crippen molar-refractivity contribution in [2.24, 2.45) is 0 Å². The molecule has 0 atom stereocenters. The summed E-state index contributed by atoms with van der Waals surface area (Å²) in [6, 6.07) is 5.93. The monoisotopic (exact) mass is 285 g/mol. The second-order valence-electron chi connectivity index (χ2n) is 5.37. The van der Waals surface area contributed by atoms with Gasteiger partial charge in [0.25, 0.3) is 0 Å². The van der Waals surface area contributed by atoms with Gasteiger partial charge < -0.3 is 9.32 Å². The molecule has 3 rings (SSSR count). The number of carbonyl (C=O) groups excluding carboxylic acids is 1. The lowest BCUT2D eigenvalue weighted by Gasteiger charge is -2.30. The number of aromatic nitrogens is 2. The Hall–Kier alpha value is -2.17. The highest BCUT2D eigenvalue weighted by molar-refractivity contribution is 5.94. The van der Waals surface area contributed by atoms with Gasteiger partial charge in [-0.2, -0.15) is 0 Å². The first-order valence-electron chi connectivity index (χ1n) is 7.37. The maximum atomic E-state index is 11.5. The van der Waals surface area contributed by atoms with Gasteiger partial charge >= 0.3 is 0 Å². The van der Waals surface area contributed by atoms with E-state index in [1.165, 1.54) is 11.3 Å². The topological polar surface area (TPSA) is 59.2 Å². The van der Waals surface area contributed by atoms with Crippen molar-refractivity contribution >= 4 is 11.5 Å². The van der Waals surface area contributed by atoms with Gasteiger partial charge in [-0.1, -0.05) is 6.92 Å². The van der Waals surface area contributed by atoms with Crippen LogP contribution in [-0.2, 0) is 19.4 Å². The SMILES string of the molecule is CCc1nnc(CN2CCCc3cc(C(C)=O)ccc32)o1. The zero-order chi connectivity index (χ0) is 14.8. The van der Waals surface area contributed by atoms with Gasteiger partial charge in [-0.25, -0.2) is 0 Å². The highest BCUT2D eigenvalue weighted by Crippen LogP contribution is 2.29. The number of hydrogen-bond acceptors (Lipinski definition) is 5. The average molecular weight is 285 g/mol. The summed E-state index contributed by atoms with van der Waals surface area (Å²) < 4.78 is 5.59. The lowest BCUT2D eigenvalue weighted by molar-refractivity contribution is 0.101. The summed E-state index contributed by atoms with van der Waals surface area (Å²) in [6.07, 6.45) is 2.84. The van der Waals surface area contributed by atoms with Crippen LogP contribution in [0.5, 0.6) is 0 Å². The van der Waals surface area contributed by atoms with E-state index in [1.807, 2.05) is 25.1 Å². The number of anilines is 1. The van der Waals surface area contributed by atoms with Crippen molar-refractivity contribution in [3.05, 3.63) is 41.1 Å². The molecule has 1 aromatic heterocycles. The van der Waals surface area contributed by atoms with Crippen molar-refractivity contribution in [1.82, 2.24) is 10.2 Å². The molecule has 5 nitrogen and oxygen atoms in total. The quantitative estimate of drug-likeness (QED) is 0.808. The van der Waals surface area contributed by atoms with Gasteiger partial charge in [0.1, 0.15) is 0 Å². The van der Waals surface area contributed by atoms with Crippen molar-refractivity contribution in [3.8, 4) is 0 Å². The molecule has 0 radical (unpaired) electrons. The third-order valence-corrected chi connectivity index (χ3v) is 3.84. The summed E-state index contributed by atoms with van der Waals surface area (Å²) >= 11 is 0. The number of rotatable bonds is 4. The number of fused-ring (bicyclic) bond motifs is 1. The van der Waals surface area contributed by atoms with E-state index in [0.29, 0.717) is 18.3 Å². The lowest BCUT2D eigenvalue weighted by atomic mass is 9.98. The second-order valence-corrected chi connectivity index (χ2v) is 5.37. The molecule has 0 unspecified atom stereocenters. The molecule has 5 heteroatoms. The summed E-state index contributed by atoms with van der Waals surface area (Å²) in [5.41, 5.74) is 3.17. The van der Waals surface area contributed by atoms with E-state index in [2.05, 4.69) is 15.1 Å². The van der Waals surface area contributed by atoms with E-state index < -0.39 is 0 Å². The summed E-state index contributed by atoms with van der Waals surface area (Å²) in [4.78, 5) is 13.7. The third-order valence-electron chi connectivity index (χ3n) is 3.84. The molecule has 110 valence electrons. The van der Waals surface area contributed by atoms with Crippen LogP contribution in [0, 0.1) is 0 Å². The Labute approximate surface area is 124 Å². The molecule has 1 aliphatic rings. The number of benzene rings is 1. The lowest BCUT2D eigenvalue weighted by Crippen LogP contribution is -2.29. The smallest absolute Gasteiger partial charge is 0.235 e.